The molecule has 1 heterocycles. The lowest BCUT2D eigenvalue weighted by molar-refractivity contribution is -0.123. The predicted molar refractivity (Wildman–Crippen MR) is 171 cm³/mol. The molecular formula is C26H46N10O4S2. The minimum absolute atomic E-state index is 0.0539. The lowest BCUT2D eigenvalue weighted by atomic mass is 10.1. The van der Waals surface area contributed by atoms with E-state index in [1.807, 2.05) is 12.1 Å². The van der Waals surface area contributed by atoms with E-state index in [-0.39, 0.29) is 36.9 Å². The molecule has 0 aromatic heterocycles. The zero-order valence-corrected chi connectivity index (χ0v) is 25.6. The van der Waals surface area contributed by atoms with Crippen LogP contribution in [0, 0.1) is 0 Å². The molecule has 1 aliphatic rings. The molecule has 2 amide bonds. The monoisotopic (exact) mass is 626 g/mol. The largest absolute Gasteiger partial charge is 0.488 e. The molecule has 42 heavy (non-hydrogen) atoms. The standard InChI is InChI=1S/C26H46N10O4S2/c27-19(5-1-3-7-35-25(29)30)23(37)33-9-11-39-21-13-17-15-41-42-16-18(17)14-22(21)40-12-10-34-24(38)20(28)6-2-4-8-36-26(31)32/h13-14,19-20H,1-12,15-16,27-28H2,(H,33,37)(H,34,38)(H4,29,30,35)(H4,31,32,36)/t19-,20-/m0/s1. The van der Waals surface area contributed by atoms with Gasteiger partial charge in [0, 0.05) is 24.6 Å². The normalized spacial score (nSPS) is 13.7. The molecule has 0 unspecified atom stereocenters. The zero-order valence-electron chi connectivity index (χ0n) is 24.0. The molecule has 1 aliphatic heterocycles. The van der Waals surface area contributed by atoms with Crippen LogP contribution in [0.5, 0.6) is 11.5 Å². The Morgan fingerprint density at radius 3 is 1.52 bits per heavy atom. The average molecular weight is 627 g/mol. The fourth-order valence-electron chi connectivity index (χ4n) is 3.91. The Morgan fingerprint density at radius 2 is 1.14 bits per heavy atom. The highest BCUT2D eigenvalue weighted by Gasteiger charge is 2.18. The van der Waals surface area contributed by atoms with Crippen molar-refractivity contribution < 1.29 is 19.1 Å². The Hall–Kier alpha value is -3.08. The number of nitrogens with zero attached hydrogens (tertiary/aromatic N) is 2. The third-order valence-electron chi connectivity index (χ3n) is 6.20. The first-order valence-electron chi connectivity index (χ1n) is 14.0. The number of nitrogens with two attached hydrogens (primary N) is 6. The van der Waals surface area contributed by atoms with Crippen molar-refractivity contribution in [2.45, 2.75) is 62.1 Å². The first kappa shape index (κ1) is 35.1. The van der Waals surface area contributed by atoms with Gasteiger partial charge in [0.15, 0.2) is 23.4 Å². The van der Waals surface area contributed by atoms with Gasteiger partial charge in [0.05, 0.1) is 25.2 Å². The van der Waals surface area contributed by atoms with Crippen molar-refractivity contribution in [3.05, 3.63) is 23.3 Å². The van der Waals surface area contributed by atoms with Crippen molar-refractivity contribution in [2.75, 3.05) is 39.4 Å². The van der Waals surface area contributed by atoms with E-state index in [0.717, 1.165) is 37.2 Å². The number of carbonyl (C=O) groups is 2. The number of rotatable bonds is 20. The smallest absolute Gasteiger partial charge is 0.237 e. The molecule has 0 saturated carbocycles. The number of aliphatic imine (C=N–C) groups is 2. The molecular weight excluding hydrogens is 580 g/mol. The molecule has 1 aromatic carbocycles. The van der Waals surface area contributed by atoms with Gasteiger partial charge in [-0.25, -0.2) is 0 Å². The fourth-order valence-corrected chi connectivity index (χ4v) is 6.13. The van der Waals surface area contributed by atoms with Gasteiger partial charge in [-0.2, -0.15) is 0 Å². The summed E-state index contributed by atoms with van der Waals surface area (Å²) >= 11 is 0. The van der Waals surface area contributed by atoms with E-state index in [2.05, 4.69) is 20.6 Å². The lowest BCUT2D eigenvalue weighted by Crippen LogP contribution is -2.42. The molecule has 0 saturated heterocycles. The van der Waals surface area contributed by atoms with Crippen molar-refractivity contribution in [3.8, 4) is 11.5 Å². The Morgan fingerprint density at radius 1 is 0.738 bits per heavy atom. The molecule has 2 rings (SSSR count). The summed E-state index contributed by atoms with van der Waals surface area (Å²) in [6.07, 6.45) is 4.04. The van der Waals surface area contributed by atoms with Gasteiger partial charge >= 0.3 is 0 Å². The van der Waals surface area contributed by atoms with Crippen molar-refractivity contribution in [2.24, 2.45) is 44.4 Å². The Kier molecular flexibility index (Phi) is 16.7. The molecule has 0 radical (unpaired) electrons. The summed E-state index contributed by atoms with van der Waals surface area (Å²) in [6.45, 7) is 2.10. The van der Waals surface area contributed by atoms with E-state index in [1.54, 1.807) is 21.6 Å². The number of guanidine groups is 2. The summed E-state index contributed by atoms with van der Waals surface area (Å²) < 4.78 is 12.0. The second-order valence-corrected chi connectivity index (χ2v) is 12.2. The van der Waals surface area contributed by atoms with Crippen LogP contribution in [0.15, 0.2) is 22.1 Å². The summed E-state index contributed by atoms with van der Waals surface area (Å²) in [6, 6.07) is 2.74. The van der Waals surface area contributed by atoms with Crippen LogP contribution in [0.4, 0.5) is 0 Å². The molecule has 14 nitrogen and oxygen atoms in total. The summed E-state index contributed by atoms with van der Waals surface area (Å²) in [7, 11) is 3.58. The minimum atomic E-state index is -0.616. The highest BCUT2D eigenvalue weighted by atomic mass is 33.1. The van der Waals surface area contributed by atoms with Gasteiger partial charge in [-0.1, -0.05) is 21.6 Å². The second-order valence-electron chi connectivity index (χ2n) is 9.69. The van der Waals surface area contributed by atoms with Crippen LogP contribution in [-0.4, -0.2) is 75.2 Å². The fraction of sp³-hybridized carbons (Fsp3) is 0.615. The van der Waals surface area contributed by atoms with Crippen molar-refractivity contribution >= 4 is 45.3 Å². The number of hydrogen-bond donors (Lipinski definition) is 8. The van der Waals surface area contributed by atoms with Crippen molar-refractivity contribution in [3.63, 3.8) is 0 Å². The van der Waals surface area contributed by atoms with Crippen LogP contribution in [0.3, 0.4) is 0 Å². The summed E-state index contributed by atoms with van der Waals surface area (Å²) in [5.74, 6) is 2.54. The minimum Gasteiger partial charge on any atom is -0.488 e. The number of fused-ring (bicyclic) bond motifs is 1. The SMILES string of the molecule is NC(N)=NCCCC[C@H](N)C(=O)NCCOc1cc2c(cc1OCCNC(=O)[C@@H](N)CCCCN=C(N)N)CSSC2. The van der Waals surface area contributed by atoms with Crippen LogP contribution in [0.25, 0.3) is 0 Å². The molecule has 16 heteroatoms. The predicted octanol–water partition coefficient (Wildman–Crippen LogP) is -0.386. The summed E-state index contributed by atoms with van der Waals surface area (Å²) in [5, 5.41) is 5.63. The summed E-state index contributed by atoms with van der Waals surface area (Å²) in [5.41, 5.74) is 35.6. The molecule has 14 N–H and O–H groups in total. The van der Waals surface area contributed by atoms with Gasteiger partial charge in [-0.15, -0.1) is 0 Å². The van der Waals surface area contributed by atoms with Gasteiger partial charge in [-0.05, 0) is 61.8 Å². The Balaban J connectivity index is 1.77. The van der Waals surface area contributed by atoms with E-state index in [0.29, 0.717) is 50.5 Å². The van der Waals surface area contributed by atoms with Crippen molar-refractivity contribution in [1.29, 1.82) is 0 Å². The number of nitrogens with one attached hydrogen (secondary N) is 2. The average Bonchev–Trinajstić information content (AvgIpc) is 2.96. The van der Waals surface area contributed by atoms with Gasteiger partial charge in [-0.3, -0.25) is 19.6 Å². The quantitative estimate of drug-likeness (QED) is 0.0398. The van der Waals surface area contributed by atoms with Crippen LogP contribution >= 0.6 is 21.6 Å². The van der Waals surface area contributed by atoms with Crippen molar-refractivity contribution in [1.82, 2.24) is 10.6 Å². The number of ether oxygens (including phenoxy) is 2. The zero-order chi connectivity index (χ0) is 30.7. The molecule has 0 fully saturated rings. The van der Waals surface area contributed by atoms with Crippen LogP contribution in [0.1, 0.15) is 49.7 Å². The van der Waals surface area contributed by atoms with Crippen LogP contribution in [-0.2, 0) is 21.1 Å². The van der Waals surface area contributed by atoms with E-state index >= 15 is 0 Å². The van der Waals surface area contributed by atoms with Crippen LogP contribution < -0.4 is 54.5 Å². The maximum atomic E-state index is 12.3. The van der Waals surface area contributed by atoms with Gasteiger partial charge in [0.25, 0.3) is 0 Å². The Labute approximate surface area is 255 Å². The van der Waals surface area contributed by atoms with Crippen LogP contribution in [0.2, 0.25) is 0 Å². The van der Waals surface area contributed by atoms with E-state index < -0.39 is 12.1 Å². The van der Waals surface area contributed by atoms with E-state index in [1.165, 1.54) is 11.1 Å². The number of hydrogen-bond acceptors (Lipinski definition) is 10. The number of benzene rings is 1. The third-order valence-corrected chi connectivity index (χ3v) is 8.44. The molecule has 1 aromatic rings. The van der Waals surface area contributed by atoms with Gasteiger partial charge in [0.1, 0.15) is 13.2 Å². The van der Waals surface area contributed by atoms with E-state index in [4.69, 9.17) is 43.9 Å². The first-order chi connectivity index (χ1) is 20.2. The van der Waals surface area contributed by atoms with Gasteiger partial charge in [0.2, 0.25) is 11.8 Å². The number of amides is 2. The number of unbranched alkanes of at least 4 members (excludes halogenated alkanes) is 2. The topological polar surface area (TPSA) is 258 Å². The highest BCUT2D eigenvalue weighted by Crippen LogP contribution is 2.41. The van der Waals surface area contributed by atoms with E-state index in [9.17, 15) is 9.59 Å². The highest BCUT2D eigenvalue weighted by molar-refractivity contribution is 8.76. The maximum Gasteiger partial charge on any atom is 0.237 e. The number of carbonyl (C=O) groups excluding carboxylic acids is 2. The molecule has 2 atom stereocenters. The lowest BCUT2D eigenvalue weighted by Gasteiger charge is -2.20. The molecule has 0 spiro atoms. The molecule has 0 bridgehead atoms. The van der Waals surface area contributed by atoms with Gasteiger partial charge < -0.3 is 54.5 Å². The third kappa shape index (κ3) is 14.2. The second kappa shape index (κ2) is 19.9. The molecule has 236 valence electrons. The molecule has 0 aliphatic carbocycles. The first-order valence-corrected chi connectivity index (χ1v) is 16.5. The summed E-state index contributed by atoms with van der Waals surface area (Å²) in [4.78, 5) is 32.5. The maximum absolute atomic E-state index is 12.3. The Bertz CT molecular complexity index is 971.